The predicted octanol–water partition coefficient (Wildman–Crippen LogP) is 3.96. The van der Waals surface area contributed by atoms with Crippen molar-refractivity contribution in [2.75, 3.05) is 0 Å². The fraction of sp³-hybridized carbons (Fsp3) is 0.143. The van der Waals surface area contributed by atoms with Crippen molar-refractivity contribution in [2.45, 2.75) is 13.0 Å². The molecule has 94 valence electrons. The van der Waals surface area contributed by atoms with E-state index in [-0.39, 0.29) is 6.04 Å². The highest BCUT2D eigenvalue weighted by molar-refractivity contribution is 9.10. The third-order valence-electron chi connectivity index (χ3n) is 2.82. The number of rotatable bonds is 3. The van der Waals surface area contributed by atoms with Crippen LogP contribution >= 0.6 is 27.5 Å². The number of hydrazine groups is 1. The number of nitrogens with one attached hydrogen (secondary N) is 1. The molecule has 0 spiro atoms. The average molecular weight is 326 g/mol. The highest BCUT2D eigenvalue weighted by Gasteiger charge is 2.15. The van der Waals surface area contributed by atoms with Crippen LogP contribution < -0.4 is 11.3 Å². The quantitative estimate of drug-likeness (QED) is 0.662. The Bertz CT molecular complexity index is 557. The van der Waals surface area contributed by atoms with Gasteiger partial charge in [-0.1, -0.05) is 51.8 Å². The van der Waals surface area contributed by atoms with Crippen molar-refractivity contribution >= 4 is 27.5 Å². The molecule has 0 saturated heterocycles. The third-order valence-corrected chi connectivity index (χ3v) is 3.74. The molecule has 0 aliphatic rings. The van der Waals surface area contributed by atoms with Crippen molar-refractivity contribution in [3.05, 3.63) is 68.7 Å². The van der Waals surface area contributed by atoms with Crippen LogP contribution in [0.4, 0.5) is 0 Å². The summed E-state index contributed by atoms with van der Waals surface area (Å²) in [5.41, 5.74) is 6.16. The summed E-state index contributed by atoms with van der Waals surface area (Å²) in [6.45, 7) is 2.05. The topological polar surface area (TPSA) is 38.0 Å². The Kier molecular flexibility index (Phi) is 4.40. The molecule has 2 rings (SSSR count). The molecule has 1 atom stereocenters. The smallest absolute Gasteiger partial charge is 0.0721 e. The number of halogens is 2. The lowest BCUT2D eigenvalue weighted by Crippen LogP contribution is -2.29. The van der Waals surface area contributed by atoms with E-state index < -0.39 is 0 Å². The summed E-state index contributed by atoms with van der Waals surface area (Å²) >= 11 is 9.59. The van der Waals surface area contributed by atoms with Crippen LogP contribution in [0.15, 0.2) is 46.9 Å². The van der Waals surface area contributed by atoms with Gasteiger partial charge in [-0.05, 0) is 41.8 Å². The van der Waals surface area contributed by atoms with Crippen LogP contribution in [0.5, 0.6) is 0 Å². The van der Waals surface area contributed by atoms with Gasteiger partial charge in [-0.25, -0.2) is 5.43 Å². The van der Waals surface area contributed by atoms with E-state index in [4.69, 9.17) is 17.4 Å². The molecule has 3 N–H and O–H groups in total. The molecule has 4 heteroatoms. The molecule has 2 aromatic carbocycles. The van der Waals surface area contributed by atoms with Gasteiger partial charge in [-0.15, -0.1) is 0 Å². The molecule has 0 radical (unpaired) electrons. The van der Waals surface area contributed by atoms with E-state index in [0.717, 1.165) is 15.6 Å². The summed E-state index contributed by atoms with van der Waals surface area (Å²) in [7, 11) is 0. The molecule has 1 unspecified atom stereocenters. The highest BCUT2D eigenvalue weighted by Crippen LogP contribution is 2.29. The standard InChI is InChI=1S/C14H14BrClN2/c1-9-5-6-12(13(15)7-9)14(18-17)10-3-2-4-11(16)8-10/h2-8,14,18H,17H2,1H3. The minimum atomic E-state index is -0.0846. The molecule has 0 fully saturated rings. The summed E-state index contributed by atoms with van der Waals surface area (Å²) in [6, 6.07) is 13.8. The predicted molar refractivity (Wildman–Crippen MR) is 79.5 cm³/mol. The van der Waals surface area contributed by atoms with Crippen molar-refractivity contribution in [3.8, 4) is 0 Å². The second-order valence-electron chi connectivity index (χ2n) is 4.18. The molecule has 2 nitrogen and oxygen atoms in total. The Morgan fingerprint density at radius 1 is 1.22 bits per heavy atom. The van der Waals surface area contributed by atoms with Crippen molar-refractivity contribution in [3.63, 3.8) is 0 Å². The van der Waals surface area contributed by atoms with Gasteiger partial charge in [0.05, 0.1) is 6.04 Å². The van der Waals surface area contributed by atoms with Gasteiger partial charge in [0.1, 0.15) is 0 Å². The van der Waals surface area contributed by atoms with E-state index in [1.54, 1.807) is 0 Å². The van der Waals surface area contributed by atoms with Gasteiger partial charge in [-0.3, -0.25) is 5.84 Å². The first-order valence-electron chi connectivity index (χ1n) is 5.59. The maximum absolute atomic E-state index is 6.02. The molecule has 18 heavy (non-hydrogen) atoms. The lowest BCUT2D eigenvalue weighted by Gasteiger charge is -2.19. The zero-order valence-electron chi connectivity index (χ0n) is 9.95. The van der Waals surface area contributed by atoms with E-state index in [0.29, 0.717) is 5.02 Å². The molecule has 0 bridgehead atoms. The molecule has 0 aliphatic carbocycles. The Hall–Kier alpha value is -0.870. The third kappa shape index (κ3) is 2.93. The van der Waals surface area contributed by atoms with E-state index in [1.807, 2.05) is 24.3 Å². The van der Waals surface area contributed by atoms with E-state index >= 15 is 0 Å². The van der Waals surface area contributed by atoms with Crippen molar-refractivity contribution in [1.29, 1.82) is 0 Å². The summed E-state index contributed by atoms with van der Waals surface area (Å²) in [6.07, 6.45) is 0. The summed E-state index contributed by atoms with van der Waals surface area (Å²) in [4.78, 5) is 0. The number of hydrogen-bond acceptors (Lipinski definition) is 2. The highest BCUT2D eigenvalue weighted by atomic mass is 79.9. The Morgan fingerprint density at radius 3 is 2.61 bits per heavy atom. The van der Waals surface area contributed by atoms with Crippen LogP contribution in [0.25, 0.3) is 0 Å². The van der Waals surface area contributed by atoms with Crippen molar-refractivity contribution in [2.24, 2.45) is 5.84 Å². The molecule has 0 aliphatic heterocycles. The Labute approximate surface area is 120 Å². The fourth-order valence-corrected chi connectivity index (χ4v) is 2.84. The van der Waals surface area contributed by atoms with Gasteiger partial charge in [0.25, 0.3) is 0 Å². The molecule has 0 aromatic heterocycles. The first-order valence-corrected chi connectivity index (χ1v) is 6.76. The van der Waals surface area contributed by atoms with Crippen molar-refractivity contribution < 1.29 is 0 Å². The number of hydrogen-bond donors (Lipinski definition) is 2. The van der Waals surface area contributed by atoms with Gasteiger partial charge in [0.15, 0.2) is 0 Å². The number of benzene rings is 2. The first-order chi connectivity index (χ1) is 8.61. The summed E-state index contributed by atoms with van der Waals surface area (Å²) in [5, 5.41) is 0.705. The zero-order valence-corrected chi connectivity index (χ0v) is 12.3. The van der Waals surface area contributed by atoms with E-state index in [9.17, 15) is 0 Å². The number of nitrogens with two attached hydrogens (primary N) is 1. The normalized spacial score (nSPS) is 12.4. The van der Waals surface area contributed by atoms with Gasteiger partial charge < -0.3 is 0 Å². The van der Waals surface area contributed by atoms with Crippen molar-refractivity contribution in [1.82, 2.24) is 5.43 Å². The van der Waals surface area contributed by atoms with Crippen LogP contribution in [0, 0.1) is 6.92 Å². The van der Waals surface area contributed by atoms with Gasteiger partial charge >= 0.3 is 0 Å². The summed E-state index contributed by atoms with van der Waals surface area (Å²) in [5.74, 6) is 5.68. The average Bonchev–Trinajstić information content (AvgIpc) is 2.33. The van der Waals surface area contributed by atoms with Crippen LogP contribution in [0.1, 0.15) is 22.7 Å². The molecule has 0 amide bonds. The lowest BCUT2D eigenvalue weighted by molar-refractivity contribution is 0.634. The molecular formula is C14H14BrClN2. The minimum Gasteiger partial charge on any atom is -0.271 e. The van der Waals surface area contributed by atoms with Crippen LogP contribution in [-0.4, -0.2) is 0 Å². The first kappa shape index (κ1) is 13.6. The second kappa shape index (κ2) is 5.85. The van der Waals surface area contributed by atoms with Crippen LogP contribution in [0.2, 0.25) is 5.02 Å². The monoisotopic (exact) mass is 324 g/mol. The molecular weight excluding hydrogens is 312 g/mol. The van der Waals surface area contributed by atoms with Gasteiger partial charge in [-0.2, -0.15) is 0 Å². The van der Waals surface area contributed by atoms with Gasteiger partial charge in [0, 0.05) is 9.50 Å². The molecule has 2 aromatic rings. The van der Waals surface area contributed by atoms with Crippen LogP contribution in [-0.2, 0) is 0 Å². The fourth-order valence-electron chi connectivity index (χ4n) is 1.92. The Balaban J connectivity index is 2.45. The zero-order chi connectivity index (χ0) is 13.1. The maximum Gasteiger partial charge on any atom is 0.0721 e. The lowest BCUT2D eigenvalue weighted by atomic mass is 9.98. The maximum atomic E-state index is 6.02. The second-order valence-corrected chi connectivity index (χ2v) is 5.47. The minimum absolute atomic E-state index is 0.0846. The van der Waals surface area contributed by atoms with E-state index in [2.05, 4.69) is 46.5 Å². The molecule has 0 heterocycles. The SMILES string of the molecule is Cc1ccc(C(NN)c2cccc(Cl)c2)c(Br)c1. The number of aryl methyl sites for hydroxylation is 1. The van der Waals surface area contributed by atoms with Crippen LogP contribution in [0.3, 0.4) is 0 Å². The summed E-state index contributed by atoms with van der Waals surface area (Å²) < 4.78 is 1.03. The Morgan fingerprint density at radius 2 is 2.00 bits per heavy atom. The van der Waals surface area contributed by atoms with Gasteiger partial charge in [0.2, 0.25) is 0 Å². The largest absolute Gasteiger partial charge is 0.271 e. The molecule has 0 saturated carbocycles. The van der Waals surface area contributed by atoms with E-state index in [1.165, 1.54) is 5.56 Å².